The van der Waals surface area contributed by atoms with E-state index in [1.807, 2.05) is 18.2 Å². The third kappa shape index (κ3) is 4.67. The molecule has 0 aromatic heterocycles. The Labute approximate surface area is 114 Å². The number of aliphatic carboxylic acids is 1. The summed E-state index contributed by atoms with van der Waals surface area (Å²) in [5.74, 6) is 1.91. The maximum Gasteiger partial charge on any atom is 0.311 e. The predicted molar refractivity (Wildman–Crippen MR) is 75.3 cm³/mol. The van der Waals surface area contributed by atoms with Crippen molar-refractivity contribution in [2.24, 2.45) is 0 Å². The smallest absolute Gasteiger partial charge is 0.311 e. The zero-order valence-electron chi connectivity index (χ0n) is 11.3. The van der Waals surface area contributed by atoms with E-state index < -0.39 is 11.9 Å². The lowest BCUT2D eigenvalue weighted by molar-refractivity contribution is -0.139. The number of carbonyl (C=O) groups is 1. The summed E-state index contributed by atoms with van der Waals surface area (Å²) >= 11 is 0. The highest BCUT2D eigenvalue weighted by molar-refractivity contribution is 5.77. The quantitative estimate of drug-likeness (QED) is 0.575. The number of benzene rings is 1. The van der Waals surface area contributed by atoms with Crippen molar-refractivity contribution in [2.45, 2.75) is 38.0 Å². The monoisotopic (exact) mass is 260 g/mol. The van der Waals surface area contributed by atoms with E-state index in [0.29, 0.717) is 12.2 Å². The van der Waals surface area contributed by atoms with Crippen LogP contribution in [0.15, 0.2) is 24.3 Å². The van der Waals surface area contributed by atoms with Crippen molar-refractivity contribution in [1.82, 2.24) is 0 Å². The molecule has 0 fully saturated rings. The molecule has 0 aliphatic heterocycles. The normalized spacial score (nSPS) is 11.6. The van der Waals surface area contributed by atoms with E-state index in [1.54, 1.807) is 13.2 Å². The minimum absolute atomic E-state index is 0.512. The van der Waals surface area contributed by atoms with Crippen LogP contribution in [0.5, 0.6) is 5.75 Å². The molecule has 0 amide bonds. The Morgan fingerprint density at radius 1 is 1.37 bits per heavy atom. The summed E-state index contributed by atoms with van der Waals surface area (Å²) in [5.41, 5.74) is 0.745. The summed E-state index contributed by atoms with van der Waals surface area (Å²) in [6, 6.07) is 7.29. The summed E-state index contributed by atoms with van der Waals surface area (Å²) in [6.07, 6.45) is 9.33. The molecule has 0 saturated heterocycles. The highest BCUT2D eigenvalue weighted by Gasteiger charge is 2.22. The van der Waals surface area contributed by atoms with Crippen molar-refractivity contribution >= 4 is 5.97 Å². The van der Waals surface area contributed by atoms with E-state index >= 15 is 0 Å². The fraction of sp³-hybridized carbons (Fsp3) is 0.438. The van der Waals surface area contributed by atoms with Crippen LogP contribution in [0.2, 0.25) is 0 Å². The standard InChI is InChI=1S/C16H20O3/c1-3-4-5-6-7-11-14(16(17)18)13-10-8-9-12-15(13)19-2/h1,8-10,12,14H,4-7,11H2,2H3,(H,17,18). The number of carboxylic acids is 1. The topological polar surface area (TPSA) is 46.5 Å². The Morgan fingerprint density at radius 2 is 2.11 bits per heavy atom. The van der Waals surface area contributed by atoms with Crippen molar-refractivity contribution in [2.75, 3.05) is 7.11 Å². The molecular weight excluding hydrogens is 240 g/mol. The fourth-order valence-electron chi connectivity index (χ4n) is 2.12. The summed E-state index contributed by atoms with van der Waals surface area (Å²) in [7, 11) is 1.56. The first-order valence-corrected chi connectivity index (χ1v) is 6.50. The second-order valence-corrected chi connectivity index (χ2v) is 4.44. The van der Waals surface area contributed by atoms with E-state index in [2.05, 4.69) is 5.92 Å². The fourth-order valence-corrected chi connectivity index (χ4v) is 2.12. The zero-order valence-corrected chi connectivity index (χ0v) is 11.3. The van der Waals surface area contributed by atoms with Crippen LogP contribution in [-0.4, -0.2) is 18.2 Å². The molecule has 0 saturated carbocycles. The van der Waals surface area contributed by atoms with Gasteiger partial charge in [0.05, 0.1) is 13.0 Å². The van der Waals surface area contributed by atoms with Crippen molar-refractivity contribution < 1.29 is 14.6 Å². The summed E-state index contributed by atoms with van der Waals surface area (Å²) in [4.78, 5) is 11.4. The molecule has 3 heteroatoms. The number of hydrogen-bond acceptors (Lipinski definition) is 2. The predicted octanol–water partition coefficient (Wildman–Crippen LogP) is 3.45. The molecule has 0 spiro atoms. The minimum atomic E-state index is -0.804. The van der Waals surface area contributed by atoms with E-state index in [4.69, 9.17) is 11.2 Å². The largest absolute Gasteiger partial charge is 0.496 e. The van der Waals surface area contributed by atoms with E-state index in [1.165, 1.54) is 0 Å². The molecule has 0 aliphatic rings. The first-order valence-electron chi connectivity index (χ1n) is 6.50. The molecule has 0 radical (unpaired) electrons. The van der Waals surface area contributed by atoms with Gasteiger partial charge in [-0.3, -0.25) is 4.79 Å². The summed E-state index contributed by atoms with van der Waals surface area (Å²) < 4.78 is 5.23. The van der Waals surface area contributed by atoms with Crippen molar-refractivity contribution in [3.63, 3.8) is 0 Å². The van der Waals surface area contributed by atoms with Gasteiger partial charge in [-0.05, 0) is 18.9 Å². The van der Waals surface area contributed by atoms with Gasteiger partial charge in [-0.15, -0.1) is 12.3 Å². The van der Waals surface area contributed by atoms with Gasteiger partial charge in [-0.1, -0.05) is 31.0 Å². The maximum atomic E-state index is 11.4. The van der Waals surface area contributed by atoms with Crippen LogP contribution in [0.3, 0.4) is 0 Å². The molecule has 1 aromatic rings. The van der Waals surface area contributed by atoms with Crippen molar-refractivity contribution in [3.8, 4) is 18.1 Å². The van der Waals surface area contributed by atoms with Crippen LogP contribution in [0.25, 0.3) is 0 Å². The van der Waals surface area contributed by atoms with Crippen LogP contribution < -0.4 is 4.74 Å². The number of carboxylic acid groups (broad SMARTS) is 1. The van der Waals surface area contributed by atoms with Crippen molar-refractivity contribution in [1.29, 1.82) is 0 Å². The first-order chi connectivity index (χ1) is 9.20. The Bertz CT molecular complexity index is 446. The lowest BCUT2D eigenvalue weighted by Crippen LogP contribution is -2.12. The van der Waals surface area contributed by atoms with Crippen LogP contribution in [0, 0.1) is 12.3 Å². The van der Waals surface area contributed by atoms with Gasteiger partial charge >= 0.3 is 5.97 Å². The molecular formula is C16H20O3. The summed E-state index contributed by atoms with van der Waals surface area (Å²) in [5, 5.41) is 9.36. The zero-order chi connectivity index (χ0) is 14.1. The Morgan fingerprint density at radius 3 is 2.74 bits per heavy atom. The second-order valence-electron chi connectivity index (χ2n) is 4.44. The van der Waals surface area contributed by atoms with Gasteiger partial charge in [0.15, 0.2) is 0 Å². The molecule has 1 unspecified atom stereocenters. The molecule has 19 heavy (non-hydrogen) atoms. The molecule has 0 heterocycles. The van der Waals surface area contributed by atoms with Gasteiger partial charge in [0.2, 0.25) is 0 Å². The minimum Gasteiger partial charge on any atom is -0.496 e. The van der Waals surface area contributed by atoms with Crippen LogP contribution in [0.1, 0.15) is 43.6 Å². The van der Waals surface area contributed by atoms with Gasteiger partial charge in [-0.2, -0.15) is 0 Å². The average Bonchev–Trinajstić information content (AvgIpc) is 2.42. The van der Waals surface area contributed by atoms with Crippen molar-refractivity contribution in [3.05, 3.63) is 29.8 Å². The van der Waals surface area contributed by atoms with Crippen LogP contribution >= 0.6 is 0 Å². The van der Waals surface area contributed by atoms with Gasteiger partial charge in [0, 0.05) is 12.0 Å². The van der Waals surface area contributed by atoms with Crippen LogP contribution in [0.4, 0.5) is 0 Å². The average molecular weight is 260 g/mol. The Balaban J connectivity index is 2.67. The molecule has 1 atom stereocenters. The van der Waals surface area contributed by atoms with Crippen LogP contribution in [-0.2, 0) is 4.79 Å². The molecule has 0 aliphatic carbocycles. The summed E-state index contributed by atoms with van der Waals surface area (Å²) in [6.45, 7) is 0. The van der Waals surface area contributed by atoms with Gasteiger partial charge < -0.3 is 9.84 Å². The number of terminal acetylenes is 1. The molecule has 102 valence electrons. The van der Waals surface area contributed by atoms with Gasteiger partial charge in [-0.25, -0.2) is 0 Å². The highest BCUT2D eigenvalue weighted by Crippen LogP contribution is 2.30. The number of methoxy groups -OCH3 is 1. The number of hydrogen-bond donors (Lipinski definition) is 1. The molecule has 1 rings (SSSR count). The number of unbranched alkanes of at least 4 members (excludes halogenated alkanes) is 3. The molecule has 1 N–H and O–H groups in total. The molecule has 1 aromatic carbocycles. The Kier molecular flexibility index (Phi) is 6.52. The van der Waals surface area contributed by atoms with E-state index in [-0.39, 0.29) is 0 Å². The number of rotatable bonds is 8. The number of ether oxygens (including phenoxy) is 1. The Hall–Kier alpha value is -1.95. The first kappa shape index (κ1) is 15.1. The van der Waals surface area contributed by atoms with Gasteiger partial charge in [0.25, 0.3) is 0 Å². The lowest BCUT2D eigenvalue weighted by atomic mass is 9.92. The third-order valence-electron chi connectivity index (χ3n) is 3.13. The SMILES string of the molecule is C#CCCCCCC(C(=O)O)c1ccccc1OC. The second kappa shape index (κ2) is 8.20. The third-order valence-corrected chi connectivity index (χ3v) is 3.13. The maximum absolute atomic E-state index is 11.4. The highest BCUT2D eigenvalue weighted by atomic mass is 16.5. The molecule has 3 nitrogen and oxygen atoms in total. The van der Waals surface area contributed by atoms with E-state index in [9.17, 15) is 9.90 Å². The lowest BCUT2D eigenvalue weighted by Gasteiger charge is -2.15. The number of para-hydroxylation sites is 1. The molecule has 0 bridgehead atoms. The van der Waals surface area contributed by atoms with Gasteiger partial charge in [0.1, 0.15) is 5.75 Å². The van der Waals surface area contributed by atoms with E-state index in [0.717, 1.165) is 31.2 Å².